The zero-order chi connectivity index (χ0) is 19.2. The van der Waals surface area contributed by atoms with Gasteiger partial charge in [-0.05, 0) is 35.7 Å². The Kier molecular flexibility index (Phi) is 6.03. The van der Waals surface area contributed by atoms with Crippen LogP contribution in [-0.4, -0.2) is 45.1 Å². The van der Waals surface area contributed by atoms with E-state index in [2.05, 4.69) is 10.3 Å². The second-order valence-electron chi connectivity index (χ2n) is 6.91. The van der Waals surface area contributed by atoms with Crippen molar-refractivity contribution in [2.45, 2.75) is 19.5 Å². The van der Waals surface area contributed by atoms with E-state index in [-0.39, 0.29) is 11.7 Å². The van der Waals surface area contributed by atoms with Crippen molar-refractivity contribution in [1.29, 1.82) is 0 Å². The van der Waals surface area contributed by atoms with Crippen LogP contribution in [0.2, 0.25) is 0 Å². The summed E-state index contributed by atoms with van der Waals surface area (Å²) in [5, 5.41) is 22.0. The van der Waals surface area contributed by atoms with Gasteiger partial charge < -0.3 is 15.5 Å². The number of rotatable bonds is 6. The van der Waals surface area contributed by atoms with Gasteiger partial charge in [0.2, 0.25) is 5.91 Å². The highest BCUT2D eigenvalue weighted by Gasteiger charge is 2.35. The smallest absolute Gasteiger partial charge is 0.307 e. The predicted octanol–water partition coefficient (Wildman–Crippen LogP) is 1.63. The SMILES string of the molecule is O=C(O)[C@H]1C[C@@H](C(=O)NCc2cccnc2)CN(Cc2cccc(O)c2)C1. The summed E-state index contributed by atoms with van der Waals surface area (Å²) in [5.41, 5.74) is 1.78. The first-order valence-corrected chi connectivity index (χ1v) is 8.91. The molecule has 7 nitrogen and oxygen atoms in total. The summed E-state index contributed by atoms with van der Waals surface area (Å²) >= 11 is 0. The number of nitrogens with zero attached hydrogens (tertiary/aromatic N) is 2. The third-order valence-electron chi connectivity index (χ3n) is 4.75. The fourth-order valence-corrected chi connectivity index (χ4v) is 3.44. The third-order valence-corrected chi connectivity index (χ3v) is 4.75. The van der Waals surface area contributed by atoms with Crippen LogP contribution in [0.25, 0.3) is 0 Å². The molecule has 0 spiro atoms. The molecule has 0 unspecified atom stereocenters. The van der Waals surface area contributed by atoms with Gasteiger partial charge in [0.25, 0.3) is 0 Å². The lowest BCUT2D eigenvalue weighted by atomic mass is 9.88. The highest BCUT2D eigenvalue weighted by atomic mass is 16.4. The van der Waals surface area contributed by atoms with Crippen LogP contribution in [0.3, 0.4) is 0 Å². The van der Waals surface area contributed by atoms with Gasteiger partial charge in [-0.15, -0.1) is 0 Å². The number of benzene rings is 1. The van der Waals surface area contributed by atoms with E-state index in [1.165, 1.54) is 0 Å². The molecule has 1 saturated heterocycles. The van der Waals surface area contributed by atoms with E-state index in [0.717, 1.165) is 11.1 Å². The number of phenolic OH excluding ortho intramolecular Hbond substituents is 1. The van der Waals surface area contributed by atoms with Gasteiger partial charge in [-0.2, -0.15) is 0 Å². The van der Waals surface area contributed by atoms with Crippen molar-refractivity contribution in [2.24, 2.45) is 11.8 Å². The van der Waals surface area contributed by atoms with Crippen LogP contribution in [0, 0.1) is 11.8 Å². The van der Waals surface area contributed by atoms with Crippen LogP contribution in [-0.2, 0) is 22.7 Å². The molecule has 0 bridgehead atoms. The van der Waals surface area contributed by atoms with Gasteiger partial charge in [0, 0.05) is 38.6 Å². The molecule has 3 rings (SSSR count). The number of piperidine rings is 1. The maximum atomic E-state index is 12.6. The van der Waals surface area contributed by atoms with E-state index < -0.39 is 17.8 Å². The molecule has 1 fully saturated rings. The first-order chi connectivity index (χ1) is 13.0. The molecular weight excluding hydrogens is 346 g/mol. The van der Waals surface area contributed by atoms with Crippen LogP contribution in [0.4, 0.5) is 0 Å². The lowest BCUT2D eigenvalue weighted by Gasteiger charge is -2.35. The number of aliphatic carboxylic acids is 1. The first kappa shape index (κ1) is 18.8. The Morgan fingerprint density at radius 2 is 1.93 bits per heavy atom. The Morgan fingerprint density at radius 1 is 1.15 bits per heavy atom. The van der Waals surface area contributed by atoms with Gasteiger partial charge >= 0.3 is 5.97 Å². The van der Waals surface area contributed by atoms with Crippen molar-refractivity contribution in [3.8, 4) is 5.75 Å². The van der Waals surface area contributed by atoms with E-state index in [9.17, 15) is 19.8 Å². The number of carbonyl (C=O) groups excluding carboxylic acids is 1. The highest BCUT2D eigenvalue weighted by molar-refractivity contribution is 5.80. The minimum Gasteiger partial charge on any atom is -0.508 e. The van der Waals surface area contributed by atoms with Gasteiger partial charge in [-0.3, -0.25) is 19.5 Å². The number of carboxylic acids is 1. The molecule has 1 aromatic heterocycles. The van der Waals surface area contributed by atoms with Gasteiger partial charge in [0.15, 0.2) is 0 Å². The molecule has 142 valence electrons. The van der Waals surface area contributed by atoms with Crippen molar-refractivity contribution in [3.05, 3.63) is 59.9 Å². The molecule has 0 saturated carbocycles. The number of amides is 1. The number of phenols is 1. The topological polar surface area (TPSA) is 103 Å². The number of hydrogen-bond acceptors (Lipinski definition) is 5. The number of carboxylic acid groups (broad SMARTS) is 1. The summed E-state index contributed by atoms with van der Waals surface area (Å²) in [6, 6.07) is 10.6. The average Bonchev–Trinajstić information content (AvgIpc) is 2.66. The van der Waals surface area contributed by atoms with Gasteiger partial charge in [0.05, 0.1) is 11.8 Å². The standard InChI is InChI=1S/C20H23N3O4/c24-18-5-1-3-14(7-18)11-23-12-16(8-17(13-23)20(26)27)19(25)22-10-15-4-2-6-21-9-15/h1-7,9,16-17,24H,8,10-13H2,(H,22,25)(H,26,27)/t16-,17+/m1/s1. The van der Waals surface area contributed by atoms with Crippen molar-refractivity contribution in [3.63, 3.8) is 0 Å². The van der Waals surface area contributed by atoms with Crippen molar-refractivity contribution < 1.29 is 19.8 Å². The second-order valence-corrected chi connectivity index (χ2v) is 6.91. The van der Waals surface area contributed by atoms with Gasteiger partial charge in [-0.1, -0.05) is 18.2 Å². The molecule has 2 heterocycles. The second kappa shape index (κ2) is 8.64. The minimum absolute atomic E-state index is 0.147. The number of hydrogen-bond donors (Lipinski definition) is 3. The quantitative estimate of drug-likeness (QED) is 0.715. The fraction of sp³-hybridized carbons (Fsp3) is 0.350. The van der Waals surface area contributed by atoms with E-state index in [0.29, 0.717) is 32.6 Å². The molecule has 1 amide bonds. The van der Waals surface area contributed by atoms with E-state index >= 15 is 0 Å². The Hall–Kier alpha value is -2.93. The van der Waals surface area contributed by atoms with Gasteiger partial charge in [-0.25, -0.2) is 0 Å². The summed E-state index contributed by atoms with van der Waals surface area (Å²) < 4.78 is 0. The van der Waals surface area contributed by atoms with Crippen LogP contribution in [0.1, 0.15) is 17.5 Å². The summed E-state index contributed by atoms with van der Waals surface area (Å²) in [4.78, 5) is 30.1. The van der Waals surface area contributed by atoms with Crippen LogP contribution < -0.4 is 5.32 Å². The molecule has 0 radical (unpaired) electrons. The highest BCUT2D eigenvalue weighted by Crippen LogP contribution is 2.25. The molecular formula is C20H23N3O4. The first-order valence-electron chi connectivity index (χ1n) is 8.91. The maximum absolute atomic E-state index is 12.6. The molecule has 2 atom stereocenters. The molecule has 2 aromatic rings. The lowest BCUT2D eigenvalue weighted by Crippen LogP contribution is -2.47. The minimum atomic E-state index is -0.888. The number of aromatic nitrogens is 1. The molecule has 0 aliphatic carbocycles. The number of pyridine rings is 1. The number of carbonyl (C=O) groups is 2. The molecule has 3 N–H and O–H groups in total. The lowest BCUT2D eigenvalue weighted by molar-refractivity contribution is -0.145. The molecule has 1 aromatic carbocycles. The zero-order valence-corrected chi connectivity index (χ0v) is 14.9. The van der Waals surface area contributed by atoms with Crippen molar-refractivity contribution >= 4 is 11.9 Å². The van der Waals surface area contributed by atoms with E-state index in [1.807, 2.05) is 17.0 Å². The largest absolute Gasteiger partial charge is 0.508 e. The Labute approximate surface area is 157 Å². The zero-order valence-electron chi connectivity index (χ0n) is 14.9. The maximum Gasteiger partial charge on any atom is 0.307 e. The van der Waals surface area contributed by atoms with Crippen LogP contribution in [0.5, 0.6) is 5.75 Å². The summed E-state index contributed by atoms with van der Waals surface area (Å²) in [5.74, 6) is -1.85. The van der Waals surface area contributed by atoms with Crippen molar-refractivity contribution in [2.75, 3.05) is 13.1 Å². The monoisotopic (exact) mass is 369 g/mol. The third kappa shape index (κ3) is 5.27. The predicted molar refractivity (Wildman–Crippen MR) is 98.7 cm³/mol. The number of likely N-dealkylation sites (tertiary alicyclic amines) is 1. The normalized spacial score (nSPS) is 20.1. The van der Waals surface area contributed by atoms with Crippen LogP contribution >= 0.6 is 0 Å². The Bertz CT molecular complexity index is 797. The summed E-state index contributed by atoms with van der Waals surface area (Å²) in [7, 11) is 0. The van der Waals surface area contributed by atoms with Crippen molar-refractivity contribution in [1.82, 2.24) is 15.2 Å². The molecule has 1 aliphatic rings. The average molecular weight is 369 g/mol. The molecule has 27 heavy (non-hydrogen) atoms. The van der Waals surface area contributed by atoms with Crippen LogP contribution in [0.15, 0.2) is 48.8 Å². The Morgan fingerprint density at radius 3 is 2.63 bits per heavy atom. The molecule has 1 aliphatic heterocycles. The van der Waals surface area contributed by atoms with Gasteiger partial charge in [0.1, 0.15) is 5.75 Å². The number of nitrogens with one attached hydrogen (secondary N) is 1. The fourth-order valence-electron chi connectivity index (χ4n) is 3.44. The summed E-state index contributed by atoms with van der Waals surface area (Å²) in [6.07, 6.45) is 3.68. The van der Waals surface area contributed by atoms with E-state index in [4.69, 9.17) is 0 Å². The summed E-state index contributed by atoms with van der Waals surface area (Å²) in [6.45, 7) is 1.73. The van der Waals surface area contributed by atoms with E-state index in [1.54, 1.807) is 36.7 Å². The Balaban J connectivity index is 1.64. The number of aromatic hydroxyl groups is 1. The molecule has 7 heteroatoms.